The van der Waals surface area contributed by atoms with E-state index in [-0.39, 0.29) is 27.8 Å². The molecule has 0 fully saturated rings. The molecule has 0 atom stereocenters. The fraction of sp³-hybridized carbons (Fsp3) is 0.314. The van der Waals surface area contributed by atoms with E-state index in [2.05, 4.69) is 31.3 Å². The number of benzene rings is 4. The highest BCUT2D eigenvalue weighted by Gasteiger charge is 2.34. The standard InChI is InChI=1S/C26H22ClFN4O3S2.C25H23ClFN3O3S2/c1-5-36-24-30-9-13-14-10-34-11-15(14)19(21(27)22(13)31-24)20-16(28)6-7-17-18(20)12(8-29)23(37-17)32-25(33)35-26(2,3)4;1-5-34-23-28-9-13-14-10-33-11-15(14)20(21(26)22(13)29-23)19-12-8-18(30(24(31)32)25(2,3)4)35-17(12)7-6-16(19)27/h6-7,9H,5,10-11H2,1-4H3,(H,32,33);6-9H,5,10-11H2,1-4H3,(H,31,32). The quantitative estimate of drug-likeness (QED) is 0.109. The van der Waals surface area contributed by atoms with Crippen molar-refractivity contribution in [2.45, 2.75) is 103 Å². The van der Waals surface area contributed by atoms with Crippen LogP contribution in [0.2, 0.25) is 10.0 Å². The van der Waals surface area contributed by atoms with E-state index in [1.54, 1.807) is 51.4 Å². The van der Waals surface area contributed by atoms with Gasteiger partial charge in [0.15, 0.2) is 10.3 Å². The van der Waals surface area contributed by atoms with Crippen molar-refractivity contribution in [2.75, 3.05) is 21.7 Å². The Morgan fingerprint density at radius 2 is 1.31 bits per heavy atom. The van der Waals surface area contributed by atoms with Crippen LogP contribution in [0.3, 0.4) is 0 Å². The molecule has 0 saturated heterocycles. The highest BCUT2D eigenvalue weighted by molar-refractivity contribution is 7.99. The maximum absolute atomic E-state index is 15.7. The number of thiophene rings is 2. The maximum atomic E-state index is 15.7. The molecule has 2 N–H and O–H groups in total. The van der Waals surface area contributed by atoms with Gasteiger partial charge in [0.25, 0.3) is 0 Å². The number of carboxylic acid groups (broad SMARTS) is 1. The molecule has 10 rings (SSSR count). The molecule has 13 nitrogen and oxygen atoms in total. The van der Waals surface area contributed by atoms with E-state index >= 15 is 8.78 Å². The summed E-state index contributed by atoms with van der Waals surface area (Å²) in [5.41, 5.74) is 4.60. The SMILES string of the molecule is CCSc1ncc2c3c(c(-c4c(F)ccc5sc(N(C(=O)O)C(C)(C)C)cc45)c(Cl)c2n1)COC3.CCSc1ncc2c3c(c(-c4c(F)ccc5sc(NC(=O)OC(C)(C)C)c(C#N)c45)c(Cl)c2n1)COC3. The number of aromatic nitrogens is 4. The summed E-state index contributed by atoms with van der Waals surface area (Å²) in [6, 6.07) is 9.89. The Hall–Kier alpha value is -5.43. The number of nitriles is 1. The van der Waals surface area contributed by atoms with Crippen molar-refractivity contribution in [3.63, 3.8) is 0 Å². The molecule has 2 amide bonds. The number of carbonyl (C=O) groups is 2. The number of fused-ring (bicyclic) bond motifs is 8. The van der Waals surface area contributed by atoms with Crippen LogP contribution in [0.25, 0.3) is 64.2 Å². The molecule has 8 aromatic rings. The smallest absolute Gasteiger partial charge is 0.412 e. The third kappa shape index (κ3) is 9.52. The molecular weight excluding hydrogens is 1040 g/mol. The third-order valence-electron chi connectivity index (χ3n) is 11.7. The molecule has 0 spiro atoms. The second-order valence-corrected chi connectivity index (χ2v) is 23.9. The van der Waals surface area contributed by atoms with Gasteiger partial charge in [0.05, 0.1) is 53.1 Å². The molecule has 2 aliphatic rings. The second-order valence-electron chi connectivity index (χ2n) is 18.5. The molecule has 0 radical (unpaired) electrons. The molecule has 2 aliphatic heterocycles. The van der Waals surface area contributed by atoms with Crippen molar-refractivity contribution in [1.82, 2.24) is 19.9 Å². The van der Waals surface area contributed by atoms with Crippen molar-refractivity contribution >= 4 is 134 Å². The van der Waals surface area contributed by atoms with Crippen molar-refractivity contribution in [3.8, 4) is 28.3 Å². The summed E-state index contributed by atoms with van der Waals surface area (Å²) in [4.78, 5) is 44.1. The average Bonchev–Trinajstić information content (AvgIpc) is 4.14. The van der Waals surface area contributed by atoms with Crippen molar-refractivity contribution in [2.24, 2.45) is 0 Å². The highest BCUT2D eigenvalue weighted by Crippen LogP contribution is 2.51. The number of nitrogens with one attached hydrogen (secondary N) is 1. The third-order valence-corrected chi connectivity index (χ3v) is 16.0. The first kappa shape index (κ1) is 51.5. The van der Waals surface area contributed by atoms with Gasteiger partial charge in [0.2, 0.25) is 0 Å². The first-order chi connectivity index (χ1) is 34.2. The van der Waals surface area contributed by atoms with Gasteiger partial charge in [-0.15, -0.1) is 22.7 Å². The van der Waals surface area contributed by atoms with Gasteiger partial charge in [0, 0.05) is 71.1 Å². The maximum Gasteiger partial charge on any atom is 0.412 e. The first-order valence-electron chi connectivity index (χ1n) is 22.6. The molecule has 372 valence electrons. The molecule has 4 aromatic heterocycles. The van der Waals surface area contributed by atoms with Crippen LogP contribution in [-0.4, -0.2) is 59.9 Å². The molecule has 0 aliphatic carbocycles. The van der Waals surface area contributed by atoms with Crippen LogP contribution in [0.1, 0.15) is 83.2 Å². The molecule has 4 aromatic carbocycles. The molecule has 6 heterocycles. The Bertz CT molecular complexity index is 3590. The van der Waals surface area contributed by atoms with E-state index in [1.807, 2.05) is 34.6 Å². The van der Waals surface area contributed by atoms with E-state index < -0.39 is 35.0 Å². The average molecular weight is 1090 g/mol. The summed E-state index contributed by atoms with van der Waals surface area (Å²) in [6.07, 6.45) is 1.72. The Balaban J connectivity index is 0.000000178. The number of anilines is 2. The van der Waals surface area contributed by atoms with Crippen LogP contribution in [0, 0.1) is 23.0 Å². The number of ether oxygens (including phenoxy) is 3. The van der Waals surface area contributed by atoms with E-state index in [0.717, 1.165) is 49.2 Å². The zero-order valence-electron chi connectivity index (χ0n) is 40.1. The van der Waals surface area contributed by atoms with Gasteiger partial charge in [-0.05, 0) is 106 Å². The lowest BCUT2D eigenvalue weighted by Gasteiger charge is -2.31. The largest absolute Gasteiger partial charge is 0.465 e. The molecule has 0 bridgehead atoms. The summed E-state index contributed by atoms with van der Waals surface area (Å²) in [7, 11) is 0. The molecule has 21 heteroatoms. The van der Waals surface area contributed by atoms with Crippen molar-refractivity contribution < 1.29 is 37.7 Å². The molecule has 0 saturated carbocycles. The van der Waals surface area contributed by atoms with Gasteiger partial charge in [-0.3, -0.25) is 10.2 Å². The minimum atomic E-state index is -1.07. The number of hydrogen-bond donors (Lipinski definition) is 2. The molecule has 0 unspecified atom stereocenters. The lowest BCUT2D eigenvalue weighted by Crippen LogP contribution is -2.44. The minimum Gasteiger partial charge on any atom is -0.465 e. The van der Waals surface area contributed by atoms with Gasteiger partial charge in [0.1, 0.15) is 33.3 Å². The molecule has 72 heavy (non-hydrogen) atoms. The fourth-order valence-corrected chi connectivity index (χ4v) is 12.9. The van der Waals surface area contributed by atoms with Crippen LogP contribution >= 0.6 is 69.4 Å². The number of halogens is 4. The van der Waals surface area contributed by atoms with Gasteiger partial charge >= 0.3 is 12.2 Å². The summed E-state index contributed by atoms with van der Waals surface area (Å²) in [6.45, 7) is 15.9. The van der Waals surface area contributed by atoms with Gasteiger partial charge in [-0.2, -0.15) is 5.26 Å². The number of hydrogen-bond acceptors (Lipinski definition) is 14. The summed E-state index contributed by atoms with van der Waals surface area (Å²) >= 11 is 19.4. The normalized spacial score (nSPS) is 13.3. The van der Waals surface area contributed by atoms with Crippen molar-refractivity contribution in [3.05, 3.63) is 92.2 Å². The molecular formula is C51H45Cl2F2N7O6S4. The Morgan fingerprint density at radius 3 is 1.81 bits per heavy atom. The summed E-state index contributed by atoms with van der Waals surface area (Å²) < 4.78 is 49.6. The van der Waals surface area contributed by atoms with Gasteiger partial charge in [-0.1, -0.05) is 60.6 Å². The summed E-state index contributed by atoms with van der Waals surface area (Å²) in [5, 5.41) is 27.7. The van der Waals surface area contributed by atoms with Crippen LogP contribution in [-0.2, 0) is 40.6 Å². The zero-order valence-corrected chi connectivity index (χ0v) is 44.9. The first-order valence-corrected chi connectivity index (χ1v) is 26.9. The van der Waals surface area contributed by atoms with Crippen LogP contribution in [0.5, 0.6) is 0 Å². The number of thioether (sulfide) groups is 2. The topological polar surface area (TPSA) is 173 Å². The Labute approximate surface area is 439 Å². The summed E-state index contributed by atoms with van der Waals surface area (Å²) in [5.74, 6) is 0.611. The second kappa shape index (κ2) is 20.1. The van der Waals surface area contributed by atoms with E-state index in [4.69, 9.17) is 37.4 Å². The predicted octanol–water partition coefficient (Wildman–Crippen LogP) is 15.4. The zero-order chi connectivity index (χ0) is 51.6. The van der Waals surface area contributed by atoms with E-state index in [1.165, 1.54) is 63.2 Å². The number of rotatable bonds is 8. The number of carbonyl (C=O) groups excluding carboxylic acids is 1. The Morgan fingerprint density at radius 1 is 0.792 bits per heavy atom. The highest BCUT2D eigenvalue weighted by atomic mass is 35.5. The lowest BCUT2D eigenvalue weighted by molar-refractivity contribution is 0.0636. The lowest BCUT2D eigenvalue weighted by atomic mass is 9.91. The van der Waals surface area contributed by atoms with E-state index in [0.29, 0.717) is 83.4 Å². The van der Waals surface area contributed by atoms with Crippen molar-refractivity contribution in [1.29, 1.82) is 5.26 Å². The van der Waals surface area contributed by atoms with Gasteiger partial charge < -0.3 is 19.3 Å². The monoisotopic (exact) mass is 1090 g/mol. The van der Waals surface area contributed by atoms with Crippen LogP contribution < -0.4 is 10.2 Å². The Kier molecular flexibility index (Phi) is 14.4. The number of nitrogens with zero attached hydrogens (tertiary/aromatic N) is 6. The fourth-order valence-electron chi connectivity index (χ4n) is 8.86. The predicted molar refractivity (Wildman–Crippen MR) is 285 cm³/mol. The van der Waals surface area contributed by atoms with Gasteiger partial charge in [-0.25, -0.2) is 38.3 Å². The van der Waals surface area contributed by atoms with Crippen LogP contribution in [0.15, 0.2) is 53.0 Å². The van der Waals surface area contributed by atoms with E-state index in [9.17, 15) is 20.0 Å². The minimum absolute atomic E-state index is 0.133. The van der Waals surface area contributed by atoms with Crippen LogP contribution in [0.4, 0.5) is 28.4 Å². The number of amides is 2.